The first-order valence-electron chi connectivity index (χ1n) is 6.46. The number of nitro groups is 1. The summed E-state index contributed by atoms with van der Waals surface area (Å²) >= 11 is 0. The van der Waals surface area contributed by atoms with E-state index in [4.69, 9.17) is 10.5 Å². The lowest BCUT2D eigenvalue weighted by Gasteiger charge is -2.14. The molecule has 1 aromatic carbocycles. The highest BCUT2D eigenvalue weighted by Crippen LogP contribution is 2.37. The Balaban J connectivity index is 2.70. The quantitative estimate of drug-likeness (QED) is 0.665. The average molecular weight is 291 g/mol. The molecule has 8 nitrogen and oxygen atoms in total. The minimum atomic E-state index is -0.484. The summed E-state index contributed by atoms with van der Waals surface area (Å²) in [6.45, 7) is 4.17. The molecule has 0 bridgehead atoms. The molecular formula is C13H17N5O3. The summed E-state index contributed by atoms with van der Waals surface area (Å²) in [5.74, 6) is 1.29. The van der Waals surface area contributed by atoms with Crippen LogP contribution in [-0.2, 0) is 6.54 Å². The van der Waals surface area contributed by atoms with Crippen LogP contribution in [-0.4, -0.2) is 26.8 Å². The van der Waals surface area contributed by atoms with Crippen LogP contribution in [0.15, 0.2) is 18.2 Å². The van der Waals surface area contributed by atoms with Gasteiger partial charge in [0, 0.05) is 12.1 Å². The first-order valence-corrected chi connectivity index (χ1v) is 6.46. The lowest BCUT2D eigenvalue weighted by molar-refractivity contribution is -0.385. The molecule has 0 spiro atoms. The van der Waals surface area contributed by atoms with Crippen LogP contribution in [0.1, 0.15) is 25.7 Å². The first kappa shape index (κ1) is 14.9. The highest BCUT2D eigenvalue weighted by atomic mass is 16.6. The third kappa shape index (κ3) is 2.57. The van der Waals surface area contributed by atoms with Gasteiger partial charge in [0.2, 0.25) is 5.75 Å². The van der Waals surface area contributed by atoms with E-state index in [1.165, 1.54) is 13.2 Å². The van der Waals surface area contributed by atoms with Gasteiger partial charge in [0.05, 0.1) is 24.1 Å². The molecule has 0 aliphatic rings. The predicted molar refractivity (Wildman–Crippen MR) is 76.9 cm³/mol. The number of rotatable bonds is 5. The van der Waals surface area contributed by atoms with E-state index in [-0.39, 0.29) is 24.0 Å². The number of para-hydroxylation sites is 1. The Bertz CT molecular complexity index is 666. The number of hydrogen-bond donors (Lipinski definition) is 1. The fourth-order valence-corrected chi connectivity index (χ4v) is 2.25. The molecule has 0 fully saturated rings. The molecule has 0 unspecified atom stereocenters. The molecule has 112 valence electrons. The molecular weight excluding hydrogens is 274 g/mol. The van der Waals surface area contributed by atoms with Crippen molar-refractivity contribution in [3.05, 3.63) is 34.1 Å². The summed E-state index contributed by atoms with van der Waals surface area (Å²) in [7, 11) is 1.39. The predicted octanol–water partition coefficient (Wildman–Crippen LogP) is 1.90. The zero-order valence-corrected chi connectivity index (χ0v) is 12.1. The summed E-state index contributed by atoms with van der Waals surface area (Å²) in [5.41, 5.74) is 6.08. The Hall–Kier alpha value is -2.48. The Labute approximate surface area is 121 Å². The SMILES string of the molecule is COc1c(-c2nnc(CN)n2C(C)C)cccc1[N+](=O)[O-]. The number of nitro benzene ring substituents is 1. The molecule has 1 heterocycles. The van der Waals surface area contributed by atoms with Crippen molar-refractivity contribution in [3.8, 4) is 17.1 Å². The highest BCUT2D eigenvalue weighted by molar-refractivity contribution is 5.71. The minimum absolute atomic E-state index is 0.0671. The van der Waals surface area contributed by atoms with Gasteiger partial charge in [-0.1, -0.05) is 6.07 Å². The van der Waals surface area contributed by atoms with Crippen molar-refractivity contribution in [2.75, 3.05) is 7.11 Å². The molecule has 0 aliphatic carbocycles. The Morgan fingerprint density at radius 2 is 2.14 bits per heavy atom. The van der Waals surface area contributed by atoms with E-state index in [9.17, 15) is 10.1 Å². The van der Waals surface area contributed by atoms with Gasteiger partial charge in [0.15, 0.2) is 5.82 Å². The van der Waals surface area contributed by atoms with Gasteiger partial charge >= 0.3 is 5.69 Å². The summed E-state index contributed by atoms with van der Waals surface area (Å²) in [6.07, 6.45) is 0. The zero-order chi connectivity index (χ0) is 15.6. The number of nitrogens with zero attached hydrogens (tertiary/aromatic N) is 4. The summed E-state index contributed by atoms with van der Waals surface area (Å²) in [4.78, 5) is 10.6. The van der Waals surface area contributed by atoms with Crippen molar-refractivity contribution in [1.82, 2.24) is 14.8 Å². The number of hydrogen-bond acceptors (Lipinski definition) is 6. The van der Waals surface area contributed by atoms with E-state index in [2.05, 4.69) is 10.2 Å². The Morgan fingerprint density at radius 3 is 2.67 bits per heavy atom. The van der Waals surface area contributed by atoms with E-state index < -0.39 is 4.92 Å². The van der Waals surface area contributed by atoms with Gasteiger partial charge in [-0.25, -0.2) is 0 Å². The molecule has 2 N–H and O–H groups in total. The number of methoxy groups -OCH3 is 1. The van der Waals surface area contributed by atoms with Gasteiger partial charge in [0.25, 0.3) is 0 Å². The van der Waals surface area contributed by atoms with Crippen LogP contribution >= 0.6 is 0 Å². The van der Waals surface area contributed by atoms with Crippen molar-refractivity contribution in [2.45, 2.75) is 26.4 Å². The largest absolute Gasteiger partial charge is 0.490 e. The van der Waals surface area contributed by atoms with E-state index in [1.807, 2.05) is 18.4 Å². The van der Waals surface area contributed by atoms with Crippen LogP contribution in [0.25, 0.3) is 11.4 Å². The molecule has 0 radical (unpaired) electrons. The van der Waals surface area contributed by atoms with Gasteiger partial charge in [-0.15, -0.1) is 10.2 Å². The van der Waals surface area contributed by atoms with Gasteiger partial charge in [-0.05, 0) is 19.9 Å². The van der Waals surface area contributed by atoms with Crippen LogP contribution in [0.3, 0.4) is 0 Å². The number of ether oxygens (including phenoxy) is 1. The van der Waals surface area contributed by atoms with E-state index in [0.29, 0.717) is 17.2 Å². The van der Waals surface area contributed by atoms with Crippen LogP contribution in [0.2, 0.25) is 0 Å². The Kier molecular flexibility index (Phi) is 4.18. The van der Waals surface area contributed by atoms with Gasteiger partial charge in [-0.3, -0.25) is 10.1 Å². The van der Waals surface area contributed by atoms with Gasteiger partial charge in [-0.2, -0.15) is 0 Å². The summed E-state index contributed by atoms with van der Waals surface area (Å²) < 4.78 is 7.06. The van der Waals surface area contributed by atoms with E-state index in [0.717, 1.165) is 0 Å². The van der Waals surface area contributed by atoms with Crippen molar-refractivity contribution in [2.24, 2.45) is 5.73 Å². The summed E-state index contributed by atoms with van der Waals surface area (Å²) in [6, 6.07) is 4.77. The second-order valence-corrected chi connectivity index (χ2v) is 4.72. The fourth-order valence-electron chi connectivity index (χ4n) is 2.25. The third-order valence-electron chi connectivity index (χ3n) is 3.10. The number of benzene rings is 1. The van der Waals surface area contributed by atoms with Crippen molar-refractivity contribution >= 4 is 5.69 Å². The van der Waals surface area contributed by atoms with Crippen molar-refractivity contribution in [1.29, 1.82) is 0 Å². The van der Waals surface area contributed by atoms with Crippen LogP contribution < -0.4 is 10.5 Å². The third-order valence-corrected chi connectivity index (χ3v) is 3.10. The van der Waals surface area contributed by atoms with Crippen LogP contribution in [0.5, 0.6) is 5.75 Å². The van der Waals surface area contributed by atoms with Gasteiger partial charge < -0.3 is 15.0 Å². The molecule has 2 aromatic rings. The molecule has 1 aromatic heterocycles. The molecule has 0 saturated carbocycles. The topological polar surface area (TPSA) is 109 Å². The minimum Gasteiger partial charge on any atom is -0.490 e. The molecule has 0 amide bonds. The van der Waals surface area contributed by atoms with Crippen LogP contribution in [0, 0.1) is 10.1 Å². The fraction of sp³-hybridized carbons (Fsp3) is 0.385. The molecule has 2 rings (SSSR count). The molecule has 0 atom stereocenters. The normalized spacial score (nSPS) is 10.9. The molecule has 0 saturated heterocycles. The lowest BCUT2D eigenvalue weighted by atomic mass is 10.1. The zero-order valence-electron chi connectivity index (χ0n) is 12.1. The second kappa shape index (κ2) is 5.88. The maximum atomic E-state index is 11.1. The maximum Gasteiger partial charge on any atom is 0.311 e. The summed E-state index contributed by atoms with van der Waals surface area (Å²) in [5, 5.41) is 19.3. The first-order chi connectivity index (χ1) is 10.0. The van der Waals surface area contributed by atoms with Crippen LogP contribution in [0.4, 0.5) is 5.69 Å². The standard InChI is InChI=1S/C13H17N5O3/c1-8(2)17-11(7-14)15-16-13(17)9-5-4-6-10(18(19)20)12(9)21-3/h4-6,8H,7,14H2,1-3H3. The maximum absolute atomic E-state index is 11.1. The molecule has 21 heavy (non-hydrogen) atoms. The molecule has 0 aliphatic heterocycles. The van der Waals surface area contributed by atoms with Crippen molar-refractivity contribution in [3.63, 3.8) is 0 Å². The molecule has 8 heteroatoms. The van der Waals surface area contributed by atoms with Crippen molar-refractivity contribution < 1.29 is 9.66 Å². The Morgan fingerprint density at radius 1 is 1.43 bits per heavy atom. The van der Waals surface area contributed by atoms with E-state index >= 15 is 0 Å². The smallest absolute Gasteiger partial charge is 0.311 e. The highest BCUT2D eigenvalue weighted by Gasteiger charge is 2.24. The number of aromatic nitrogens is 3. The number of nitrogens with two attached hydrogens (primary N) is 1. The van der Waals surface area contributed by atoms with Gasteiger partial charge in [0.1, 0.15) is 5.82 Å². The second-order valence-electron chi connectivity index (χ2n) is 4.72. The average Bonchev–Trinajstić information content (AvgIpc) is 2.90. The van der Waals surface area contributed by atoms with E-state index in [1.54, 1.807) is 12.1 Å². The lowest BCUT2D eigenvalue weighted by Crippen LogP contribution is -2.12. The monoisotopic (exact) mass is 291 g/mol.